The van der Waals surface area contributed by atoms with Crippen molar-refractivity contribution in [2.24, 2.45) is 0 Å². The lowest BCUT2D eigenvalue weighted by Crippen LogP contribution is -2.62. The average molecular weight is 713 g/mol. The van der Waals surface area contributed by atoms with E-state index in [1.54, 1.807) is 0 Å². The molecule has 0 bridgehead atoms. The zero-order valence-electron chi connectivity index (χ0n) is 29.7. The number of ether oxygens (including phenoxy) is 3. The van der Waals surface area contributed by atoms with Crippen LogP contribution in [-0.4, -0.2) is 48.2 Å². The van der Waals surface area contributed by atoms with Gasteiger partial charge in [-0.15, -0.1) is 0 Å². The number of benzene rings is 5. The van der Waals surface area contributed by atoms with Gasteiger partial charge in [-0.05, 0) is 34.4 Å². The van der Waals surface area contributed by atoms with E-state index < -0.39 is 35.8 Å². The topological polar surface area (TPSA) is 123 Å². The lowest BCUT2D eigenvalue weighted by atomic mass is 9.85. The summed E-state index contributed by atoms with van der Waals surface area (Å²) in [4.78, 5) is 39.5. The number of amides is 1. The van der Waals surface area contributed by atoms with Crippen LogP contribution in [0, 0.1) is 0 Å². The Morgan fingerprint density at radius 2 is 1.26 bits per heavy atom. The van der Waals surface area contributed by atoms with Crippen LogP contribution in [0.25, 0.3) is 6.08 Å². The van der Waals surface area contributed by atoms with Gasteiger partial charge in [-0.3, -0.25) is 14.9 Å². The Kier molecular flexibility index (Phi) is 13.9. The van der Waals surface area contributed by atoms with Crippen LogP contribution in [0.3, 0.4) is 0 Å². The normalized spacial score (nSPS) is 12.7. The van der Waals surface area contributed by atoms with Gasteiger partial charge in [0, 0.05) is 31.0 Å². The molecule has 1 amide bonds. The van der Waals surface area contributed by atoms with E-state index in [1.165, 1.54) is 7.11 Å². The second-order valence-corrected chi connectivity index (χ2v) is 12.6. The molecule has 3 N–H and O–H groups in total. The molecule has 0 aromatic heterocycles. The molecule has 0 saturated heterocycles. The zero-order chi connectivity index (χ0) is 37.3. The molecule has 0 aliphatic heterocycles. The third-order valence-electron chi connectivity index (χ3n) is 8.64. The smallest absolute Gasteiger partial charge is 0.328 e. The highest BCUT2D eigenvalue weighted by Crippen LogP contribution is 2.28. The first kappa shape index (κ1) is 38.1. The Labute approximate surface area is 310 Å². The van der Waals surface area contributed by atoms with Crippen molar-refractivity contribution in [1.82, 2.24) is 10.6 Å². The molecular weight excluding hydrogens is 668 g/mol. The van der Waals surface area contributed by atoms with Crippen LogP contribution >= 0.6 is 0 Å². The molecule has 0 heterocycles. The van der Waals surface area contributed by atoms with E-state index in [0.29, 0.717) is 24.7 Å². The average Bonchev–Trinajstić information content (AvgIpc) is 3.19. The molecule has 53 heavy (non-hydrogen) atoms. The fourth-order valence-corrected chi connectivity index (χ4v) is 5.90. The maximum atomic E-state index is 14.3. The molecule has 9 heteroatoms. The standard InChI is InChI=1S/C44H44N2O7/c1-51-42(49)39(27-33-15-6-2-7-16-33)46-43(50)44(30-41(47)48,29-34-17-8-3-9-18-34)45-26-14-23-37-24-25-38(52-31-35-19-10-4-11-20-35)28-40(37)53-32-36-21-12-5-13-22-36/h2-25,28,39,45H,26-27,29-32H2,1H3,(H,46,50)(H,47,48)/t39-,44-/m0/s1. The Hall–Kier alpha value is -6.19. The van der Waals surface area contributed by atoms with Crippen LogP contribution in [0.5, 0.6) is 11.5 Å². The van der Waals surface area contributed by atoms with Gasteiger partial charge in [0.05, 0.1) is 13.5 Å². The van der Waals surface area contributed by atoms with E-state index in [0.717, 1.165) is 27.8 Å². The Balaban J connectivity index is 1.39. The minimum atomic E-state index is -1.62. The molecular formula is C44H44N2O7. The summed E-state index contributed by atoms with van der Waals surface area (Å²) < 4.78 is 17.4. The van der Waals surface area contributed by atoms with Gasteiger partial charge in [0.25, 0.3) is 0 Å². The number of aliphatic carboxylic acids is 1. The number of carboxylic acids is 1. The van der Waals surface area contributed by atoms with Gasteiger partial charge in [-0.25, -0.2) is 4.79 Å². The number of hydrogen-bond acceptors (Lipinski definition) is 7. The van der Waals surface area contributed by atoms with Crippen LogP contribution in [0.4, 0.5) is 0 Å². The number of carboxylic acid groups (broad SMARTS) is 1. The lowest BCUT2D eigenvalue weighted by Gasteiger charge is -2.33. The van der Waals surface area contributed by atoms with Gasteiger partial charge in [-0.1, -0.05) is 133 Å². The molecule has 0 fully saturated rings. The van der Waals surface area contributed by atoms with Gasteiger partial charge in [0.1, 0.15) is 36.3 Å². The SMILES string of the molecule is COC(=O)[C@H](Cc1ccccc1)NC(=O)[C@@](CC(=O)O)(Cc1ccccc1)NCC=Cc1ccc(OCc2ccccc2)cc1OCc1ccccc1. The quantitative estimate of drug-likeness (QED) is 0.0800. The van der Waals surface area contributed by atoms with Crippen LogP contribution in [0.2, 0.25) is 0 Å². The number of rotatable bonds is 19. The first-order chi connectivity index (χ1) is 25.8. The van der Waals surface area contributed by atoms with Gasteiger partial charge < -0.3 is 24.6 Å². The van der Waals surface area contributed by atoms with Crippen molar-refractivity contribution in [2.75, 3.05) is 13.7 Å². The summed E-state index contributed by atoms with van der Waals surface area (Å²) in [6.45, 7) is 0.861. The van der Waals surface area contributed by atoms with E-state index in [-0.39, 0.29) is 19.4 Å². The summed E-state index contributed by atoms with van der Waals surface area (Å²) in [5.41, 5.74) is 2.75. The number of carbonyl (C=O) groups excluding carboxylic acids is 2. The lowest BCUT2D eigenvalue weighted by molar-refractivity contribution is -0.147. The van der Waals surface area contributed by atoms with Gasteiger partial charge in [0.15, 0.2) is 0 Å². The molecule has 0 aliphatic rings. The molecule has 2 atom stereocenters. The summed E-state index contributed by atoms with van der Waals surface area (Å²) in [7, 11) is 1.25. The minimum Gasteiger partial charge on any atom is -0.489 e. The molecule has 9 nitrogen and oxygen atoms in total. The van der Waals surface area contributed by atoms with Crippen molar-refractivity contribution in [3.8, 4) is 11.5 Å². The van der Waals surface area contributed by atoms with E-state index in [9.17, 15) is 19.5 Å². The second kappa shape index (κ2) is 19.4. The number of esters is 1. The summed E-state index contributed by atoms with van der Waals surface area (Å²) in [6.07, 6.45) is 3.35. The third kappa shape index (κ3) is 11.7. The summed E-state index contributed by atoms with van der Waals surface area (Å²) in [5, 5.41) is 16.2. The summed E-state index contributed by atoms with van der Waals surface area (Å²) in [5.74, 6) is -1.20. The van der Waals surface area contributed by atoms with Crippen LogP contribution in [0.15, 0.2) is 146 Å². The van der Waals surface area contributed by atoms with Gasteiger partial charge in [0.2, 0.25) is 5.91 Å². The fraction of sp³-hybridized carbons (Fsp3) is 0.205. The predicted molar refractivity (Wildman–Crippen MR) is 204 cm³/mol. The molecule has 0 unspecified atom stereocenters. The first-order valence-corrected chi connectivity index (χ1v) is 17.4. The van der Waals surface area contributed by atoms with E-state index in [4.69, 9.17) is 14.2 Å². The van der Waals surface area contributed by atoms with E-state index >= 15 is 0 Å². The molecule has 0 aliphatic carbocycles. The zero-order valence-corrected chi connectivity index (χ0v) is 29.7. The van der Waals surface area contributed by atoms with E-state index in [1.807, 2.05) is 152 Å². The minimum absolute atomic E-state index is 0.0535. The van der Waals surface area contributed by atoms with Crippen molar-refractivity contribution in [1.29, 1.82) is 0 Å². The number of methoxy groups -OCH3 is 1. The number of nitrogens with one attached hydrogen (secondary N) is 2. The molecule has 0 radical (unpaired) electrons. The van der Waals surface area contributed by atoms with Crippen molar-refractivity contribution in [2.45, 2.75) is 44.1 Å². The molecule has 0 saturated carbocycles. The van der Waals surface area contributed by atoms with Gasteiger partial charge >= 0.3 is 11.9 Å². The summed E-state index contributed by atoms with van der Waals surface area (Å²) in [6, 6.07) is 42.7. The largest absolute Gasteiger partial charge is 0.489 e. The molecule has 0 spiro atoms. The van der Waals surface area contributed by atoms with Crippen molar-refractivity contribution < 1.29 is 33.7 Å². The first-order valence-electron chi connectivity index (χ1n) is 17.4. The summed E-state index contributed by atoms with van der Waals surface area (Å²) >= 11 is 0. The third-order valence-corrected chi connectivity index (χ3v) is 8.64. The van der Waals surface area contributed by atoms with Crippen molar-refractivity contribution in [3.63, 3.8) is 0 Å². The van der Waals surface area contributed by atoms with Crippen molar-refractivity contribution >= 4 is 23.9 Å². The van der Waals surface area contributed by atoms with Crippen LogP contribution in [-0.2, 0) is 45.2 Å². The highest BCUT2D eigenvalue weighted by atomic mass is 16.5. The Bertz CT molecular complexity index is 1940. The van der Waals surface area contributed by atoms with E-state index in [2.05, 4.69) is 10.6 Å². The highest BCUT2D eigenvalue weighted by Gasteiger charge is 2.42. The predicted octanol–water partition coefficient (Wildman–Crippen LogP) is 6.80. The monoisotopic (exact) mass is 712 g/mol. The molecule has 5 aromatic carbocycles. The highest BCUT2D eigenvalue weighted by molar-refractivity contribution is 5.94. The second-order valence-electron chi connectivity index (χ2n) is 12.6. The number of carbonyl (C=O) groups is 3. The van der Waals surface area contributed by atoms with Gasteiger partial charge in [-0.2, -0.15) is 0 Å². The van der Waals surface area contributed by atoms with Crippen LogP contribution < -0.4 is 20.1 Å². The van der Waals surface area contributed by atoms with Crippen molar-refractivity contribution in [3.05, 3.63) is 173 Å². The maximum Gasteiger partial charge on any atom is 0.328 e. The Morgan fingerprint density at radius 1 is 0.717 bits per heavy atom. The molecule has 5 aromatic rings. The Morgan fingerprint density at radius 3 is 1.83 bits per heavy atom. The molecule has 5 rings (SSSR count). The number of hydrogen-bond donors (Lipinski definition) is 3. The molecule has 272 valence electrons. The maximum absolute atomic E-state index is 14.3. The fourth-order valence-electron chi connectivity index (χ4n) is 5.90. The van der Waals surface area contributed by atoms with Crippen LogP contribution in [0.1, 0.15) is 34.2 Å².